The highest BCUT2D eigenvalue weighted by molar-refractivity contribution is 7.89. The first-order valence-electron chi connectivity index (χ1n) is 7.61. The Balaban J connectivity index is 1.59. The summed E-state index contributed by atoms with van der Waals surface area (Å²) in [4.78, 5) is 3.71. The fourth-order valence-corrected chi connectivity index (χ4v) is 3.56. The molecule has 0 aliphatic heterocycles. The summed E-state index contributed by atoms with van der Waals surface area (Å²) in [6.07, 6.45) is 4.62. The van der Waals surface area contributed by atoms with E-state index in [1.165, 1.54) is 0 Å². The normalized spacial score (nSPS) is 12.0. The molecule has 0 saturated carbocycles. The quantitative estimate of drug-likeness (QED) is 0.679. The van der Waals surface area contributed by atoms with Crippen LogP contribution >= 0.6 is 0 Å². The lowest BCUT2D eigenvalue weighted by Gasteiger charge is -2.08. The van der Waals surface area contributed by atoms with Crippen molar-refractivity contribution >= 4 is 15.7 Å². The Bertz CT molecular complexity index is 1020. The van der Waals surface area contributed by atoms with Crippen LogP contribution in [0.4, 0.5) is 8.78 Å². The summed E-state index contributed by atoms with van der Waals surface area (Å²) in [7, 11) is -4.02. The van der Waals surface area contributed by atoms with Gasteiger partial charge in [0.1, 0.15) is 16.5 Å². The number of benzene rings is 1. The molecule has 0 spiro atoms. The van der Waals surface area contributed by atoms with E-state index in [0.717, 1.165) is 29.0 Å². The second-order valence-corrected chi connectivity index (χ2v) is 7.36. The second-order valence-electron chi connectivity index (χ2n) is 5.63. The number of hydrogen-bond acceptors (Lipinski definition) is 4. The molecule has 2 aromatic heterocycles. The molecule has 0 unspecified atom stereocenters. The zero-order valence-electron chi connectivity index (χ0n) is 13.4. The Hall–Kier alpha value is -2.39. The molecule has 3 rings (SSSR count). The molecule has 0 atom stereocenters. The Labute approximate surface area is 143 Å². The Morgan fingerprint density at radius 1 is 1.24 bits per heavy atom. The minimum absolute atomic E-state index is 0.120. The van der Waals surface area contributed by atoms with Gasteiger partial charge >= 0.3 is 0 Å². The first-order valence-corrected chi connectivity index (χ1v) is 9.09. The van der Waals surface area contributed by atoms with Crippen LogP contribution in [0.5, 0.6) is 0 Å². The van der Waals surface area contributed by atoms with Crippen molar-refractivity contribution in [2.45, 2.75) is 24.7 Å². The smallest absolute Gasteiger partial charge is 0.237 e. The second kappa shape index (κ2) is 6.85. The monoisotopic (exact) mass is 366 g/mol. The number of halogens is 2. The number of aromatic nitrogens is 3. The van der Waals surface area contributed by atoms with E-state index >= 15 is 0 Å². The summed E-state index contributed by atoms with van der Waals surface area (Å²) < 4.78 is 54.6. The average Bonchev–Trinajstić information content (AvgIpc) is 2.90. The van der Waals surface area contributed by atoms with Gasteiger partial charge in [-0.25, -0.2) is 31.4 Å². The maximum absolute atomic E-state index is 13.6. The molecule has 0 amide bonds. The number of fused-ring (bicyclic) bond motifs is 1. The highest BCUT2D eigenvalue weighted by atomic mass is 32.2. The van der Waals surface area contributed by atoms with E-state index in [0.29, 0.717) is 18.9 Å². The average molecular weight is 366 g/mol. The SMILES string of the molecule is Cc1cc2ncc(CCCNS(=O)(=O)c3ccc(F)cc3F)cn2n1. The number of aryl methyl sites for hydroxylation is 2. The summed E-state index contributed by atoms with van der Waals surface area (Å²) in [5.41, 5.74) is 2.51. The number of nitrogens with one attached hydrogen (secondary N) is 1. The zero-order chi connectivity index (χ0) is 18.0. The van der Waals surface area contributed by atoms with Crippen molar-refractivity contribution in [2.75, 3.05) is 6.54 Å². The van der Waals surface area contributed by atoms with Crippen molar-refractivity contribution in [2.24, 2.45) is 0 Å². The lowest BCUT2D eigenvalue weighted by Crippen LogP contribution is -2.26. The van der Waals surface area contributed by atoms with Gasteiger partial charge in [-0.15, -0.1) is 0 Å². The fraction of sp³-hybridized carbons (Fsp3) is 0.250. The maximum Gasteiger partial charge on any atom is 0.243 e. The van der Waals surface area contributed by atoms with Gasteiger partial charge in [-0.2, -0.15) is 5.10 Å². The van der Waals surface area contributed by atoms with E-state index in [2.05, 4.69) is 14.8 Å². The van der Waals surface area contributed by atoms with E-state index in [9.17, 15) is 17.2 Å². The highest BCUT2D eigenvalue weighted by Gasteiger charge is 2.18. The molecule has 25 heavy (non-hydrogen) atoms. The van der Waals surface area contributed by atoms with Gasteiger partial charge in [0.25, 0.3) is 0 Å². The van der Waals surface area contributed by atoms with Crippen LogP contribution < -0.4 is 4.72 Å². The molecule has 0 bridgehead atoms. The molecule has 0 saturated heterocycles. The van der Waals surface area contributed by atoms with Gasteiger partial charge in [-0.1, -0.05) is 0 Å². The lowest BCUT2D eigenvalue weighted by molar-refractivity contribution is 0.542. The van der Waals surface area contributed by atoms with Crippen LogP contribution in [0.3, 0.4) is 0 Å². The largest absolute Gasteiger partial charge is 0.243 e. The number of hydrogen-bond donors (Lipinski definition) is 1. The van der Waals surface area contributed by atoms with E-state index in [1.54, 1.807) is 10.7 Å². The molecule has 0 fully saturated rings. The predicted molar refractivity (Wildman–Crippen MR) is 87.6 cm³/mol. The van der Waals surface area contributed by atoms with Crippen molar-refractivity contribution in [3.63, 3.8) is 0 Å². The van der Waals surface area contributed by atoms with Crippen LogP contribution in [-0.2, 0) is 16.4 Å². The minimum atomic E-state index is -4.02. The van der Waals surface area contributed by atoms with Gasteiger partial charge in [-0.3, -0.25) is 0 Å². The molecular weight excluding hydrogens is 350 g/mol. The molecule has 1 N–H and O–H groups in total. The van der Waals surface area contributed by atoms with Crippen molar-refractivity contribution in [3.8, 4) is 0 Å². The van der Waals surface area contributed by atoms with Crippen LogP contribution in [0.1, 0.15) is 17.7 Å². The number of sulfonamides is 1. The highest BCUT2D eigenvalue weighted by Crippen LogP contribution is 2.15. The Kier molecular flexibility index (Phi) is 4.78. The first-order chi connectivity index (χ1) is 11.8. The standard InChI is InChI=1S/C16H16F2N4O2S/c1-11-7-16-19-9-12(10-22(16)21-11)3-2-6-20-25(23,24)15-5-4-13(17)8-14(15)18/h4-5,7-10,20H,2-3,6H2,1H3. The number of rotatable bonds is 6. The fourth-order valence-electron chi connectivity index (χ4n) is 2.43. The Morgan fingerprint density at radius 2 is 2.04 bits per heavy atom. The molecule has 3 aromatic rings. The third kappa shape index (κ3) is 3.99. The Morgan fingerprint density at radius 3 is 2.80 bits per heavy atom. The van der Waals surface area contributed by atoms with Crippen molar-refractivity contribution in [1.82, 2.24) is 19.3 Å². The summed E-state index contributed by atoms with van der Waals surface area (Å²) in [6.45, 7) is 1.99. The van der Waals surface area contributed by atoms with Crippen LogP contribution in [0.25, 0.3) is 5.65 Å². The summed E-state index contributed by atoms with van der Waals surface area (Å²) in [6, 6.07) is 4.21. The van der Waals surface area contributed by atoms with E-state index < -0.39 is 26.6 Å². The zero-order valence-corrected chi connectivity index (χ0v) is 14.2. The molecule has 9 heteroatoms. The van der Waals surface area contributed by atoms with Crippen molar-refractivity contribution < 1.29 is 17.2 Å². The summed E-state index contributed by atoms with van der Waals surface area (Å²) in [5.74, 6) is -1.94. The first kappa shape index (κ1) is 17.4. The molecule has 132 valence electrons. The topological polar surface area (TPSA) is 76.4 Å². The third-order valence-corrected chi connectivity index (χ3v) is 5.10. The van der Waals surface area contributed by atoms with Gasteiger partial charge in [0.15, 0.2) is 5.65 Å². The van der Waals surface area contributed by atoms with Gasteiger partial charge < -0.3 is 0 Å². The van der Waals surface area contributed by atoms with E-state index in [1.807, 2.05) is 19.2 Å². The van der Waals surface area contributed by atoms with Crippen LogP contribution in [-0.4, -0.2) is 29.6 Å². The summed E-state index contributed by atoms with van der Waals surface area (Å²) >= 11 is 0. The maximum atomic E-state index is 13.6. The van der Waals surface area contributed by atoms with E-state index in [4.69, 9.17) is 0 Å². The van der Waals surface area contributed by atoms with Gasteiger partial charge in [0.05, 0.1) is 5.69 Å². The molecule has 1 aromatic carbocycles. The molecule has 2 heterocycles. The van der Waals surface area contributed by atoms with Gasteiger partial charge in [0.2, 0.25) is 10.0 Å². The summed E-state index contributed by atoms with van der Waals surface area (Å²) in [5, 5.41) is 4.27. The molecule has 0 aliphatic carbocycles. The molecular formula is C16H16F2N4O2S. The molecule has 0 aliphatic rings. The predicted octanol–water partition coefficient (Wildman–Crippen LogP) is 2.23. The van der Waals surface area contributed by atoms with Gasteiger partial charge in [-0.05, 0) is 37.5 Å². The minimum Gasteiger partial charge on any atom is -0.237 e. The molecule has 0 radical (unpaired) electrons. The van der Waals surface area contributed by atoms with Crippen LogP contribution in [0.15, 0.2) is 41.6 Å². The molecule has 6 nitrogen and oxygen atoms in total. The third-order valence-electron chi connectivity index (χ3n) is 3.61. The van der Waals surface area contributed by atoms with Crippen LogP contribution in [0.2, 0.25) is 0 Å². The van der Waals surface area contributed by atoms with Gasteiger partial charge in [0, 0.05) is 31.1 Å². The van der Waals surface area contributed by atoms with E-state index in [-0.39, 0.29) is 6.54 Å². The van der Waals surface area contributed by atoms with Crippen molar-refractivity contribution in [3.05, 3.63) is 59.6 Å². The van der Waals surface area contributed by atoms with Crippen molar-refractivity contribution in [1.29, 1.82) is 0 Å². The lowest BCUT2D eigenvalue weighted by atomic mass is 10.2. The van der Waals surface area contributed by atoms with Crippen LogP contribution in [0, 0.1) is 18.6 Å². The number of nitrogens with zero attached hydrogens (tertiary/aromatic N) is 3.